The van der Waals surface area contributed by atoms with Crippen LogP contribution in [-0.2, 0) is 0 Å². The highest BCUT2D eigenvalue weighted by Gasteiger charge is 2.22. The summed E-state index contributed by atoms with van der Waals surface area (Å²) in [5.41, 5.74) is 2.22. The lowest BCUT2D eigenvalue weighted by molar-refractivity contribution is 0.461. The first-order valence-corrected chi connectivity index (χ1v) is 10.3. The third kappa shape index (κ3) is 2.99. The number of fused-ring (bicyclic) bond motifs is 2. The molecule has 3 aromatic heterocycles. The molecule has 0 spiro atoms. The number of hydrogen-bond acceptors (Lipinski definition) is 5. The molecular weight excluding hydrogens is 420 g/mol. The molecular formula is C21H19BrN4O2. The zero-order valence-electron chi connectivity index (χ0n) is 15.2. The summed E-state index contributed by atoms with van der Waals surface area (Å²) in [6.07, 6.45) is 12.8. The van der Waals surface area contributed by atoms with E-state index >= 15 is 0 Å². The lowest BCUT2D eigenvalue weighted by Crippen LogP contribution is -2.23. The largest absolute Gasteiger partial charge is 0.463 e. The van der Waals surface area contributed by atoms with Gasteiger partial charge < -0.3 is 9.73 Å². The Morgan fingerprint density at radius 2 is 2.07 bits per heavy atom. The van der Waals surface area contributed by atoms with Gasteiger partial charge in [0.05, 0.1) is 17.1 Å². The summed E-state index contributed by atoms with van der Waals surface area (Å²) in [7, 11) is 0. The van der Waals surface area contributed by atoms with Crippen LogP contribution >= 0.6 is 15.9 Å². The molecule has 1 aliphatic rings. The molecule has 28 heavy (non-hydrogen) atoms. The Hall–Kier alpha value is -2.67. The fourth-order valence-corrected chi connectivity index (χ4v) is 4.30. The molecule has 1 fully saturated rings. The Bertz CT molecular complexity index is 1220. The van der Waals surface area contributed by atoms with Gasteiger partial charge in [0, 0.05) is 22.9 Å². The molecule has 5 rings (SSSR count). The van der Waals surface area contributed by atoms with Gasteiger partial charge in [0.2, 0.25) is 5.43 Å². The quantitative estimate of drug-likeness (QED) is 0.486. The molecule has 0 bridgehead atoms. The van der Waals surface area contributed by atoms with Gasteiger partial charge in [-0.3, -0.25) is 14.2 Å². The van der Waals surface area contributed by atoms with Crippen LogP contribution in [0.15, 0.2) is 56.7 Å². The molecule has 1 aromatic carbocycles. The van der Waals surface area contributed by atoms with Gasteiger partial charge in [0.15, 0.2) is 5.65 Å². The van der Waals surface area contributed by atoms with E-state index in [0.717, 1.165) is 23.1 Å². The SMILES string of the molecule is O=c1c(-c2nc3cnccn3c2NC2CCCCC2)coc2ccc(Br)cc12. The number of aromatic nitrogens is 3. The van der Waals surface area contributed by atoms with Crippen LogP contribution in [0, 0.1) is 0 Å². The average Bonchev–Trinajstić information content (AvgIpc) is 3.08. The Morgan fingerprint density at radius 3 is 2.93 bits per heavy atom. The Kier molecular flexibility index (Phi) is 4.39. The van der Waals surface area contributed by atoms with Crippen molar-refractivity contribution in [1.29, 1.82) is 0 Å². The maximum absolute atomic E-state index is 13.2. The van der Waals surface area contributed by atoms with Crippen molar-refractivity contribution in [3.8, 4) is 11.3 Å². The summed E-state index contributed by atoms with van der Waals surface area (Å²) < 4.78 is 8.56. The lowest BCUT2D eigenvalue weighted by Gasteiger charge is -2.24. The van der Waals surface area contributed by atoms with E-state index in [-0.39, 0.29) is 5.43 Å². The van der Waals surface area contributed by atoms with Crippen LogP contribution in [0.25, 0.3) is 27.9 Å². The van der Waals surface area contributed by atoms with Crippen LogP contribution in [0.2, 0.25) is 0 Å². The van der Waals surface area contributed by atoms with Gasteiger partial charge in [-0.05, 0) is 31.0 Å². The number of nitrogens with one attached hydrogen (secondary N) is 1. The van der Waals surface area contributed by atoms with Gasteiger partial charge in [-0.25, -0.2) is 4.98 Å². The van der Waals surface area contributed by atoms with Crippen LogP contribution in [-0.4, -0.2) is 20.4 Å². The van der Waals surface area contributed by atoms with E-state index < -0.39 is 0 Å². The highest BCUT2D eigenvalue weighted by Crippen LogP contribution is 2.31. The first kappa shape index (κ1) is 17.4. The molecule has 6 nitrogen and oxygen atoms in total. The van der Waals surface area contributed by atoms with Crippen molar-refractivity contribution in [2.45, 2.75) is 38.1 Å². The third-order valence-electron chi connectivity index (χ3n) is 5.37. The monoisotopic (exact) mass is 438 g/mol. The predicted octanol–water partition coefficient (Wildman–Crippen LogP) is 5.01. The fraction of sp³-hybridized carbons (Fsp3) is 0.286. The first-order valence-electron chi connectivity index (χ1n) is 9.51. The minimum absolute atomic E-state index is 0.0920. The van der Waals surface area contributed by atoms with Gasteiger partial charge >= 0.3 is 0 Å². The molecule has 0 unspecified atom stereocenters. The number of benzene rings is 1. The van der Waals surface area contributed by atoms with Crippen molar-refractivity contribution in [1.82, 2.24) is 14.4 Å². The van der Waals surface area contributed by atoms with Gasteiger partial charge in [0.25, 0.3) is 0 Å². The third-order valence-corrected chi connectivity index (χ3v) is 5.86. The number of nitrogens with zero attached hydrogens (tertiary/aromatic N) is 3. The van der Waals surface area contributed by atoms with Gasteiger partial charge in [-0.15, -0.1) is 0 Å². The minimum atomic E-state index is -0.0920. The normalized spacial score (nSPS) is 15.3. The van der Waals surface area contributed by atoms with E-state index in [4.69, 9.17) is 9.40 Å². The summed E-state index contributed by atoms with van der Waals surface area (Å²) in [6.45, 7) is 0. The van der Waals surface area contributed by atoms with Gasteiger partial charge in [-0.2, -0.15) is 0 Å². The molecule has 7 heteroatoms. The molecule has 0 atom stereocenters. The van der Waals surface area contributed by atoms with E-state index in [1.807, 2.05) is 16.7 Å². The smallest absolute Gasteiger partial charge is 0.202 e. The lowest BCUT2D eigenvalue weighted by atomic mass is 9.95. The van der Waals surface area contributed by atoms with Gasteiger partial charge in [-0.1, -0.05) is 35.2 Å². The van der Waals surface area contributed by atoms with Crippen molar-refractivity contribution in [3.05, 3.63) is 57.7 Å². The van der Waals surface area contributed by atoms with E-state index in [0.29, 0.717) is 33.9 Å². The number of anilines is 1. The molecule has 0 radical (unpaired) electrons. The summed E-state index contributed by atoms with van der Waals surface area (Å²) in [4.78, 5) is 22.1. The molecule has 142 valence electrons. The Morgan fingerprint density at radius 1 is 1.21 bits per heavy atom. The molecule has 1 N–H and O–H groups in total. The summed E-state index contributed by atoms with van der Waals surface area (Å²) in [5, 5.41) is 4.17. The fourth-order valence-electron chi connectivity index (χ4n) is 3.94. The topological polar surface area (TPSA) is 72.4 Å². The summed E-state index contributed by atoms with van der Waals surface area (Å²) in [5.74, 6) is 0.825. The second-order valence-corrected chi connectivity index (χ2v) is 8.13. The van der Waals surface area contributed by atoms with Crippen LogP contribution < -0.4 is 10.7 Å². The van der Waals surface area contributed by atoms with Crippen LogP contribution in [0.3, 0.4) is 0 Å². The summed E-state index contributed by atoms with van der Waals surface area (Å²) >= 11 is 3.43. The molecule has 1 aliphatic carbocycles. The van der Waals surface area contributed by atoms with Crippen LogP contribution in [0.4, 0.5) is 5.82 Å². The van der Waals surface area contributed by atoms with E-state index in [1.54, 1.807) is 24.5 Å². The summed E-state index contributed by atoms with van der Waals surface area (Å²) in [6, 6.07) is 5.81. The van der Waals surface area contributed by atoms with Crippen molar-refractivity contribution in [3.63, 3.8) is 0 Å². The van der Waals surface area contributed by atoms with E-state index in [9.17, 15) is 4.79 Å². The first-order chi connectivity index (χ1) is 13.7. The Balaban J connectivity index is 1.70. The van der Waals surface area contributed by atoms with E-state index in [1.165, 1.54) is 25.5 Å². The zero-order chi connectivity index (χ0) is 19.1. The minimum Gasteiger partial charge on any atom is -0.463 e. The Labute approximate surface area is 169 Å². The van der Waals surface area contributed by atoms with Crippen LogP contribution in [0.5, 0.6) is 0 Å². The highest BCUT2D eigenvalue weighted by molar-refractivity contribution is 9.10. The van der Waals surface area contributed by atoms with E-state index in [2.05, 4.69) is 26.2 Å². The maximum atomic E-state index is 13.2. The number of imidazole rings is 1. The van der Waals surface area contributed by atoms with Crippen molar-refractivity contribution >= 4 is 38.4 Å². The standard InChI is InChI=1S/C21H19BrN4O2/c22-13-6-7-17-15(10-13)20(27)16(12-28-17)19-21(24-14-4-2-1-3-5-14)26-9-8-23-11-18(26)25-19/h6-12,14,24H,1-5H2. The highest BCUT2D eigenvalue weighted by atomic mass is 79.9. The molecule has 0 saturated heterocycles. The average molecular weight is 439 g/mol. The molecule has 0 amide bonds. The molecule has 4 aromatic rings. The second-order valence-electron chi connectivity index (χ2n) is 7.21. The molecule has 3 heterocycles. The number of hydrogen-bond donors (Lipinski definition) is 1. The second kappa shape index (κ2) is 7.05. The molecule has 1 saturated carbocycles. The van der Waals surface area contributed by atoms with Crippen molar-refractivity contribution < 1.29 is 4.42 Å². The zero-order valence-corrected chi connectivity index (χ0v) is 16.8. The number of rotatable bonds is 3. The van der Waals surface area contributed by atoms with Crippen molar-refractivity contribution in [2.75, 3.05) is 5.32 Å². The van der Waals surface area contributed by atoms with Crippen molar-refractivity contribution in [2.24, 2.45) is 0 Å². The number of halogens is 1. The predicted molar refractivity (Wildman–Crippen MR) is 113 cm³/mol. The maximum Gasteiger partial charge on any atom is 0.202 e. The van der Waals surface area contributed by atoms with Gasteiger partial charge in [0.1, 0.15) is 23.4 Å². The molecule has 0 aliphatic heterocycles. The van der Waals surface area contributed by atoms with Crippen LogP contribution in [0.1, 0.15) is 32.1 Å².